The number of amides is 1. The lowest BCUT2D eigenvalue weighted by Crippen LogP contribution is -2.22. The van der Waals surface area contributed by atoms with Gasteiger partial charge in [0.2, 0.25) is 5.88 Å². The van der Waals surface area contributed by atoms with Gasteiger partial charge in [0.05, 0.1) is 23.9 Å². The van der Waals surface area contributed by atoms with Crippen molar-refractivity contribution in [3.63, 3.8) is 0 Å². The number of nitrogens with zero attached hydrogens (tertiary/aromatic N) is 3. The summed E-state index contributed by atoms with van der Waals surface area (Å²) in [5, 5.41) is 0.995. The van der Waals surface area contributed by atoms with Crippen LogP contribution in [0.4, 0.5) is 0 Å². The number of fused-ring (bicyclic) bond motifs is 1. The van der Waals surface area contributed by atoms with Crippen LogP contribution in [0, 0.1) is 0 Å². The first-order chi connectivity index (χ1) is 11.1. The molecule has 0 saturated carbocycles. The van der Waals surface area contributed by atoms with E-state index in [9.17, 15) is 4.79 Å². The monoisotopic (exact) mass is 307 g/mol. The zero-order valence-electron chi connectivity index (χ0n) is 13.3. The molecule has 5 nitrogen and oxygen atoms in total. The number of benzene rings is 1. The summed E-state index contributed by atoms with van der Waals surface area (Å²) in [4.78, 5) is 22.6. The van der Waals surface area contributed by atoms with Crippen molar-refractivity contribution in [3.8, 4) is 17.1 Å². The van der Waals surface area contributed by atoms with Crippen LogP contribution in [0.25, 0.3) is 22.2 Å². The average molecular weight is 307 g/mol. The fourth-order valence-corrected chi connectivity index (χ4v) is 2.37. The van der Waals surface area contributed by atoms with Crippen molar-refractivity contribution < 1.29 is 9.53 Å². The molecule has 0 unspecified atom stereocenters. The van der Waals surface area contributed by atoms with Gasteiger partial charge in [-0.1, -0.05) is 24.3 Å². The smallest absolute Gasteiger partial charge is 0.271 e. The van der Waals surface area contributed by atoms with E-state index in [2.05, 4.69) is 9.97 Å². The molecule has 5 heteroatoms. The van der Waals surface area contributed by atoms with Crippen LogP contribution >= 0.6 is 0 Å². The minimum Gasteiger partial charge on any atom is -0.480 e. The van der Waals surface area contributed by atoms with Crippen molar-refractivity contribution in [2.24, 2.45) is 0 Å². The van der Waals surface area contributed by atoms with Crippen LogP contribution in [-0.4, -0.2) is 42.0 Å². The molecule has 0 aliphatic carbocycles. The Morgan fingerprint density at radius 1 is 1.04 bits per heavy atom. The number of carbonyl (C=O) groups is 1. The second kappa shape index (κ2) is 6.04. The van der Waals surface area contributed by atoms with E-state index < -0.39 is 0 Å². The Bertz CT molecular complexity index is 875. The van der Waals surface area contributed by atoms with Gasteiger partial charge in [-0.15, -0.1) is 0 Å². The lowest BCUT2D eigenvalue weighted by atomic mass is 10.1. The molecular weight excluding hydrogens is 290 g/mol. The number of carbonyl (C=O) groups excluding carboxylic acids is 1. The first kappa shape index (κ1) is 15.0. The zero-order valence-corrected chi connectivity index (χ0v) is 13.3. The Morgan fingerprint density at radius 3 is 2.57 bits per heavy atom. The maximum atomic E-state index is 12.1. The number of aromatic nitrogens is 2. The molecule has 2 aromatic heterocycles. The Morgan fingerprint density at radius 2 is 1.83 bits per heavy atom. The Hall–Kier alpha value is -2.95. The van der Waals surface area contributed by atoms with E-state index in [1.54, 1.807) is 27.3 Å². The Labute approximate surface area is 134 Å². The topological polar surface area (TPSA) is 55.3 Å². The molecule has 0 fully saturated rings. The van der Waals surface area contributed by atoms with Gasteiger partial charge >= 0.3 is 0 Å². The van der Waals surface area contributed by atoms with Crippen molar-refractivity contribution in [1.29, 1.82) is 0 Å². The summed E-state index contributed by atoms with van der Waals surface area (Å²) in [5.41, 5.74) is 2.67. The maximum absolute atomic E-state index is 12.1. The van der Waals surface area contributed by atoms with Crippen LogP contribution in [0.1, 0.15) is 10.5 Å². The summed E-state index contributed by atoms with van der Waals surface area (Å²) >= 11 is 0. The highest BCUT2D eigenvalue weighted by molar-refractivity contribution is 5.93. The third-order valence-corrected chi connectivity index (χ3v) is 3.53. The molecule has 0 atom stereocenters. The minimum absolute atomic E-state index is 0.139. The molecule has 1 amide bonds. The van der Waals surface area contributed by atoms with Crippen molar-refractivity contribution in [1.82, 2.24) is 14.9 Å². The van der Waals surface area contributed by atoms with E-state index in [1.807, 2.05) is 42.5 Å². The van der Waals surface area contributed by atoms with Gasteiger partial charge in [0.15, 0.2) is 0 Å². The Balaban J connectivity index is 2.16. The number of hydrogen-bond donors (Lipinski definition) is 0. The summed E-state index contributed by atoms with van der Waals surface area (Å²) in [7, 11) is 4.99. The number of pyridine rings is 2. The molecule has 2 heterocycles. The molecule has 0 saturated heterocycles. The van der Waals surface area contributed by atoms with Gasteiger partial charge in [0.25, 0.3) is 5.91 Å². The molecular formula is C18H17N3O2. The highest BCUT2D eigenvalue weighted by Gasteiger charge is 2.14. The summed E-state index contributed by atoms with van der Waals surface area (Å²) < 4.78 is 5.41. The fourth-order valence-electron chi connectivity index (χ4n) is 2.37. The van der Waals surface area contributed by atoms with Gasteiger partial charge in [-0.05, 0) is 24.3 Å². The van der Waals surface area contributed by atoms with E-state index in [0.717, 1.165) is 16.5 Å². The van der Waals surface area contributed by atoms with E-state index in [0.29, 0.717) is 17.3 Å². The molecule has 1 aromatic carbocycles. The molecule has 3 rings (SSSR count). The fraction of sp³-hybridized carbons (Fsp3) is 0.167. The van der Waals surface area contributed by atoms with Crippen LogP contribution in [0.5, 0.6) is 5.88 Å². The summed E-state index contributed by atoms with van der Waals surface area (Å²) in [5.74, 6) is 0.352. The normalized spacial score (nSPS) is 10.6. The van der Waals surface area contributed by atoms with Crippen LogP contribution in [-0.2, 0) is 0 Å². The predicted molar refractivity (Wildman–Crippen MR) is 89.5 cm³/mol. The van der Waals surface area contributed by atoms with Gasteiger partial charge < -0.3 is 9.64 Å². The zero-order chi connectivity index (χ0) is 16.4. The van der Waals surface area contributed by atoms with E-state index in [1.165, 1.54) is 4.90 Å². The van der Waals surface area contributed by atoms with Crippen LogP contribution in [0.2, 0.25) is 0 Å². The number of hydrogen-bond acceptors (Lipinski definition) is 4. The van der Waals surface area contributed by atoms with Crippen LogP contribution in [0.15, 0.2) is 48.5 Å². The molecule has 0 aliphatic heterocycles. The van der Waals surface area contributed by atoms with Crippen molar-refractivity contribution >= 4 is 16.8 Å². The molecule has 23 heavy (non-hydrogen) atoms. The van der Waals surface area contributed by atoms with Gasteiger partial charge in [-0.3, -0.25) is 4.79 Å². The lowest BCUT2D eigenvalue weighted by molar-refractivity contribution is 0.0822. The lowest BCUT2D eigenvalue weighted by Gasteiger charge is -2.12. The first-order valence-electron chi connectivity index (χ1n) is 7.23. The summed E-state index contributed by atoms with van der Waals surface area (Å²) in [6.45, 7) is 0. The van der Waals surface area contributed by atoms with Gasteiger partial charge in [0, 0.05) is 19.5 Å². The number of ether oxygens (including phenoxy) is 1. The first-order valence-corrected chi connectivity index (χ1v) is 7.23. The highest BCUT2D eigenvalue weighted by Crippen LogP contribution is 2.30. The third-order valence-electron chi connectivity index (χ3n) is 3.53. The molecule has 0 N–H and O–H groups in total. The molecule has 3 aromatic rings. The molecule has 116 valence electrons. The van der Waals surface area contributed by atoms with Gasteiger partial charge in [0.1, 0.15) is 5.69 Å². The summed E-state index contributed by atoms with van der Waals surface area (Å²) in [6, 6.07) is 15.2. The van der Waals surface area contributed by atoms with E-state index >= 15 is 0 Å². The van der Waals surface area contributed by atoms with E-state index in [4.69, 9.17) is 4.74 Å². The number of rotatable bonds is 3. The van der Waals surface area contributed by atoms with Crippen LogP contribution in [0.3, 0.4) is 0 Å². The Kier molecular flexibility index (Phi) is 3.93. The van der Waals surface area contributed by atoms with Crippen molar-refractivity contribution in [2.75, 3.05) is 21.2 Å². The largest absolute Gasteiger partial charge is 0.480 e. The molecule has 0 bridgehead atoms. The average Bonchev–Trinajstić information content (AvgIpc) is 2.59. The van der Waals surface area contributed by atoms with Gasteiger partial charge in [-0.2, -0.15) is 0 Å². The summed E-state index contributed by atoms with van der Waals surface area (Å²) in [6.07, 6.45) is 0. The quantitative estimate of drug-likeness (QED) is 0.746. The van der Waals surface area contributed by atoms with E-state index in [-0.39, 0.29) is 5.91 Å². The molecule has 0 radical (unpaired) electrons. The standard InChI is InChI=1S/C18H17N3O2/c1-21(2)18(22)16-10-6-9-15(19-16)13-11-12-7-4-5-8-14(12)20-17(13)23-3/h4-11H,1-3H3. The second-order valence-electron chi connectivity index (χ2n) is 5.35. The second-order valence-corrected chi connectivity index (χ2v) is 5.35. The van der Waals surface area contributed by atoms with Crippen molar-refractivity contribution in [3.05, 3.63) is 54.2 Å². The maximum Gasteiger partial charge on any atom is 0.271 e. The predicted octanol–water partition coefficient (Wildman–Crippen LogP) is 3.01. The third kappa shape index (κ3) is 2.85. The highest BCUT2D eigenvalue weighted by atomic mass is 16.5. The number of para-hydroxylation sites is 1. The SMILES string of the molecule is COc1nc2ccccc2cc1-c1cccc(C(=O)N(C)C)n1. The van der Waals surface area contributed by atoms with Crippen molar-refractivity contribution in [2.45, 2.75) is 0 Å². The van der Waals surface area contributed by atoms with Crippen LogP contribution < -0.4 is 4.74 Å². The molecule has 0 aliphatic rings. The minimum atomic E-state index is -0.139. The number of methoxy groups -OCH3 is 1. The molecule has 0 spiro atoms. The van der Waals surface area contributed by atoms with Gasteiger partial charge in [-0.25, -0.2) is 9.97 Å².